The number of allylic oxidation sites excluding steroid dienone is 2. The molecule has 1 N–H and O–H groups in total. The minimum Gasteiger partial charge on any atom is -0.465 e. The van der Waals surface area contributed by atoms with Crippen molar-refractivity contribution in [1.82, 2.24) is 9.80 Å². The van der Waals surface area contributed by atoms with Crippen molar-refractivity contribution < 1.29 is 9.90 Å². The Balaban J connectivity index is 1.78. The van der Waals surface area contributed by atoms with Crippen molar-refractivity contribution in [3.8, 4) is 0 Å². The van der Waals surface area contributed by atoms with Crippen molar-refractivity contribution in [2.24, 2.45) is 11.8 Å². The number of hydrogen-bond donors (Lipinski definition) is 1. The van der Waals surface area contributed by atoms with Crippen molar-refractivity contribution in [2.75, 3.05) is 19.6 Å². The van der Waals surface area contributed by atoms with Gasteiger partial charge in [-0.2, -0.15) is 0 Å². The highest BCUT2D eigenvalue weighted by molar-refractivity contribution is 5.76. The SMILES string of the molecule is O=C(O)N1C=Cc2ccccc2[C@@]1(C1=CCCC=C1)C1CN2CCC1CC2. The Kier molecular flexibility index (Phi) is 3.97. The summed E-state index contributed by atoms with van der Waals surface area (Å²) >= 11 is 0. The smallest absolute Gasteiger partial charge is 0.412 e. The molecule has 0 radical (unpaired) electrons. The molecule has 6 rings (SSSR count). The maximum Gasteiger partial charge on any atom is 0.412 e. The molecule has 27 heavy (non-hydrogen) atoms. The van der Waals surface area contributed by atoms with Gasteiger partial charge in [0.15, 0.2) is 0 Å². The second-order valence-corrected chi connectivity index (χ2v) is 8.21. The molecule has 4 heterocycles. The molecule has 1 amide bonds. The lowest BCUT2D eigenvalue weighted by Gasteiger charge is -2.57. The topological polar surface area (TPSA) is 43.8 Å². The monoisotopic (exact) mass is 362 g/mol. The van der Waals surface area contributed by atoms with E-state index in [2.05, 4.69) is 41.3 Å². The molecule has 140 valence electrons. The summed E-state index contributed by atoms with van der Waals surface area (Å²) in [4.78, 5) is 16.6. The molecule has 0 aromatic heterocycles. The summed E-state index contributed by atoms with van der Waals surface area (Å²) in [5.74, 6) is 0.837. The van der Waals surface area contributed by atoms with Gasteiger partial charge in [0, 0.05) is 18.7 Å². The number of fused-ring (bicyclic) bond motifs is 4. The third-order valence-electron chi connectivity index (χ3n) is 6.99. The van der Waals surface area contributed by atoms with Crippen LogP contribution in [0.15, 0.2) is 54.3 Å². The predicted octanol–water partition coefficient (Wildman–Crippen LogP) is 4.46. The number of carboxylic acid groups (broad SMARTS) is 1. The number of rotatable bonds is 2. The van der Waals surface area contributed by atoms with E-state index in [-0.39, 0.29) is 5.92 Å². The molecule has 1 aliphatic carbocycles. The van der Waals surface area contributed by atoms with Crippen LogP contribution in [0.25, 0.3) is 6.08 Å². The van der Waals surface area contributed by atoms with Crippen LogP contribution in [0.1, 0.15) is 36.8 Å². The average Bonchev–Trinajstić information content (AvgIpc) is 2.74. The highest BCUT2D eigenvalue weighted by atomic mass is 16.4. The van der Waals surface area contributed by atoms with Crippen LogP contribution >= 0.6 is 0 Å². The number of benzene rings is 1. The van der Waals surface area contributed by atoms with Crippen LogP contribution in [-0.2, 0) is 5.54 Å². The van der Waals surface area contributed by atoms with Gasteiger partial charge in [0.05, 0.1) is 0 Å². The summed E-state index contributed by atoms with van der Waals surface area (Å²) in [6, 6.07) is 8.37. The first-order valence-electron chi connectivity index (χ1n) is 10.1. The fourth-order valence-corrected chi connectivity index (χ4v) is 5.83. The molecule has 3 saturated heterocycles. The largest absolute Gasteiger partial charge is 0.465 e. The third kappa shape index (κ3) is 2.43. The van der Waals surface area contributed by atoms with Crippen LogP contribution in [0.4, 0.5) is 4.79 Å². The van der Waals surface area contributed by atoms with Gasteiger partial charge in [-0.1, -0.05) is 42.5 Å². The quantitative estimate of drug-likeness (QED) is 0.844. The van der Waals surface area contributed by atoms with Crippen LogP contribution in [0.3, 0.4) is 0 Å². The Morgan fingerprint density at radius 3 is 2.59 bits per heavy atom. The molecule has 4 aliphatic heterocycles. The Bertz CT molecular complexity index is 848. The van der Waals surface area contributed by atoms with E-state index in [4.69, 9.17) is 0 Å². The van der Waals surface area contributed by atoms with Gasteiger partial charge in [-0.25, -0.2) is 4.79 Å². The third-order valence-corrected chi connectivity index (χ3v) is 6.99. The van der Waals surface area contributed by atoms with Gasteiger partial charge in [0.1, 0.15) is 5.54 Å². The van der Waals surface area contributed by atoms with Gasteiger partial charge in [-0.3, -0.25) is 4.90 Å². The van der Waals surface area contributed by atoms with Crippen LogP contribution in [0, 0.1) is 11.8 Å². The van der Waals surface area contributed by atoms with Crippen molar-refractivity contribution in [2.45, 2.75) is 31.2 Å². The minimum absolute atomic E-state index is 0.274. The van der Waals surface area contributed by atoms with E-state index in [1.807, 2.05) is 12.1 Å². The van der Waals surface area contributed by atoms with Gasteiger partial charge in [0.25, 0.3) is 0 Å². The van der Waals surface area contributed by atoms with E-state index >= 15 is 0 Å². The van der Waals surface area contributed by atoms with E-state index in [9.17, 15) is 9.90 Å². The molecule has 1 unspecified atom stereocenters. The van der Waals surface area contributed by atoms with Crippen molar-refractivity contribution >= 4 is 12.2 Å². The molecule has 4 heteroatoms. The predicted molar refractivity (Wildman–Crippen MR) is 106 cm³/mol. The van der Waals surface area contributed by atoms with Crippen molar-refractivity contribution in [1.29, 1.82) is 0 Å². The fraction of sp³-hybridized carbons (Fsp3) is 0.435. The summed E-state index contributed by atoms with van der Waals surface area (Å²) in [6.45, 7) is 3.27. The minimum atomic E-state index is -0.864. The number of amides is 1. The average molecular weight is 362 g/mol. The molecule has 3 fully saturated rings. The Morgan fingerprint density at radius 2 is 1.93 bits per heavy atom. The number of piperidine rings is 3. The van der Waals surface area contributed by atoms with Crippen molar-refractivity contribution in [3.63, 3.8) is 0 Å². The zero-order valence-corrected chi connectivity index (χ0v) is 15.6. The number of carbonyl (C=O) groups is 1. The normalized spacial score (nSPS) is 34.3. The second-order valence-electron chi connectivity index (χ2n) is 8.21. The Labute approximate surface area is 160 Å². The molecule has 2 atom stereocenters. The number of nitrogens with zero attached hydrogens (tertiary/aromatic N) is 2. The summed E-state index contributed by atoms with van der Waals surface area (Å²) < 4.78 is 0. The van der Waals surface area contributed by atoms with Crippen molar-refractivity contribution in [3.05, 3.63) is 65.4 Å². The van der Waals surface area contributed by atoms with Gasteiger partial charge in [0.2, 0.25) is 0 Å². The maximum atomic E-state index is 12.5. The lowest BCUT2D eigenvalue weighted by Crippen LogP contribution is -2.62. The molecule has 1 aromatic carbocycles. The molecule has 0 spiro atoms. The summed E-state index contributed by atoms with van der Waals surface area (Å²) in [5.41, 5.74) is 2.82. The van der Waals surface area contributed by atoms with E-state index in [0.717, 1.165) is 49.2 Å². The molecule has 0 saturated carbocycles. The number of hydrogen-bond acceptors (Lipinski definition) is 2. The first-order chi connectivity index (χ1) is 13.2. The molecule has 4 nitrogen and oxygen atoms in total. The molecule has 1 aromatic rings. The van der Waals surface area contributed by atoms with Crippen LogP contribution in [0.5, 0.6) is 0 Å². The van der Waals surface area contributed by atoms with Gasteiger partial charge in [-0.05, 0) is 67.5 Å². The molecular weight excluding hydrogens is 336 g/mol. The first-order valence-corrected chi connectivity index (χ1v) is 10.1. The first kappa shape index (κ1) is 16.8. The zero-order chi connectivity index (χ0) is 18.4. The zero-order valence-electron chi connectivity index (χ0n) is 15.6. The Morgan fingerprint density at radius 1 is 1.11 bits per heavy atom. The summed E-state index contributed by atoms with van der Waals surface area (Å²) in [6.07, 6.45) is 13.9. The highest BCUT2D eigenvalue weighted by Gasteiger charge is 2.56. The molecule has 2 bridgehead atoms. The fourth-order valence-electron chi connectivity index (χ4n) is 5.83. The van der Waals surface area contributed by atoms with Gasteiger partial charge >= 0.3 is 6.09 Å². The lowest BCUT2D eigenvalue weighted by molar-refractivity contribution is -0.0259. The summed E-state index contributed by atoms with van der Waals surface area (Å²) in [7, 11) is 0. The van der Waals surface area contributed by atoms with Crippen LogP contribution in [-0.4, -0.2) is 40.6 Å². The maximum absolute atomic E-state index is 12.5. The van der Waals surface area contributed by atoms with E-state index < -0.39 is 11.6 Å². The van der Waals surface area contributed by atoms with E-state index in [1.165, 1.54) is 12.8 Å². The van der Waals surface area contributed by atoms with Gasteiger partial charge in [-0.15, -0.1) is 0 Å². The van der Waals surface area contributed by atoms with E-state index in [0.29, 0.717) is 5.92 Å². The van der Waals surface area contributed by atoms with Crippen LogP contribution < -0.4 is 0 Å². The summed E-state index contributed by atoms with van der Waals surface area (Å²) in [5, 5.41) is 10.2. The standard InChI is InChI=1S/C23H26N2O2/c26-22(27)25-15-12-17-6-4-5-9-20(17)23(25,19-7-2-1-3-8-19)21-16-24-13-10-18(21)11-14-24/h2,4-9,12,15,18,21H,1,3,10-11,13-14,16H2,(H,26,27)/t21?,23-/m0/s1. The lowest BCUT2D eigenvalue weighted by atomic mass is 9.60. The molecule has 5 aliphatic rings. The van der Waals surface area contributed by atoms with E-state index in [1.54, 1.807) is 11.1 Å². The highest BCUT2D eigenvalue weighted by Crippen LogP contribution is 2.54. The van der Waals surface area contributed by atoms with Gasteiger partial charge < -0.3 is 10.0 Å². The Hall–Kier alpha value is -2.33. The molecular formula is C23H26N2O2. The second kappa shape index (κ2) is 6.38. The van der Waals surface area contributed by atoms with Crippen LogP contribution in [0.2, 0.25) is 0 Å².